The van der Waals surface area contributed by atoms with Crippen LogP contribution in [-0.2, 0) is 9.59 Å². The minimum atomic E-state index is -1.05. The number of carbonyl (C=O) groups excluding carboxylic acids is 1. The summed E-state index contributed by atoms with van der Waals surface area (Å²) in [6, 6.07) is 6.53. The first-order chi connectivity index (χ1) is 11.9. The highest BCUT2D eigenvalue weighted by molar-refractivity contribution is 7.14. The van der Waals surface area contributed by atoms with Crippen LogP contribution < -0.4 is 10.9 Å². The second-order valence-electron chi connectivity index (χ2n) is 5.11. The van der Waals surface area contributed by atoms with E-state index in [1.165, 1.54) is 0 Å². The zero-order valence-electron chi connectivity index (χ0n) is 12.6. The molecule has 1 aromatic carbocycles. The number of carbonyl (C=O) groups is 2. The molecule has 2 heterocycles. The Morgan fingerprint density at radius 2 is 2.08 bits per heavy atom. The number of fused-ring (bicyclic) bond motifs is 1. The van der Waals surface area contributed by atoms with Crippen LogP contribution >= 0.6 is 22.9 Å². The highest BCUT2D eigenvalue weighted by atomic mass is 35.5. The van der Waals surface area contributed by atoms with Gasteiger partial charge in [-0.2, -0.15) is 0 Å². The van der Waals surface area contributed by atoms with E-state index in [2.05, 4.69) is 10.3 Å². The van der Waals surface area contributed by atoms with Gasteiger partial charge in [0, 0.05) is 22.2 Å². The number of hydrogen-bond acceptors (Lipinski definition) is 6. The predicted octanol–water partition coefficient (Wildman–Crippen LogP) is 3.37. The lowest BCUT2D eigenvalue weighted by molar-refractivity contribution is -0.138. The van der Waals surface area contributed by atoms with Crippen molar-refractivity contribution in [1.82, 2.24) is 4.98 Å². The Morgan fingerprint density at radius 3 is 2.84 bits per heavy atom. The van der Waals surface area contributed by atoms with Crippen LogP contribution in [0.4, 0.5) is 5.13 Å². The lowest BCUT2D eigenvalue weighted by Gasteiger charge is -2.01. The van der Waals surface area contributed by atoms with Gasteiger partial charge in [0.2, 0.25) is 5.91 Å². The average molecular weight is 379 g/mol. The molecule has 7 nitrogen and oxygen atoms in total. The summed E-state index contributed by atoms with van der Waals surface area (Å²) >= 11 is 7.07. The van der Waals surface area contributed by atoms with Crippen molar-refractivity contribution in [3.8, 4) is 11.3 Å². The molecular formula is C16H11ClN2O5S. The van der Waals surface area contributed by atoms with E-state index in [4.69, 9.17) is 21.1 Å². The third kappa shape index (κ3) is 4.04. The third-order valence-corrected chi connectivity index (χ3v) is 4.28. The van der Waals surface area contributed by atoms with Crippen molar-refractivity contribution >= 4 is 50.9 Å². The van der Waals surface area contributed by atoms with E-state index >= 15 is 0 Å². The topological polar surface area (TPSA) is 110 Å². The van der Waals surface area contributed by atoms with Crippen LogP contribution in [-0.4, -0.2) is 22.0 Å². The summed E-state index contributed by atoms with van der Waals surface area (Å²) in [5.41, 5.74) is 0.464. The van der Waals surface area contributed by atoms with Crippen molar-refractivity contribution in [2.75, 3.05) is 5.32 Å². The Labute approximate surface area is 149 Å². The molecule has 0 aliphatic heterocycles. The van der Waals surface area contributed by atoms with Gasteiger partial charge in [0.25, 0.3) is 0 Å². The molecule has 0 atom stereocenters. The maximum absolute atomic E-state index is 12.1. The number of nitrogens with one attached hydrogen (secondary N) is 1. The molecule has 3 rings (SSSR count). The van der Waals surface area contributed by atoms with Gasteiger partial charge < -0.3 is 14.8 Å². The zero-order chi connectivity index (χ0) is 18.0. The highest BCUT2D eigenvalue weighted by Crippen LogP contribution is 2.26. The summed E-state index contributed by atoms with van der Waals surface area (Å²) in [7, 11) is 0. The van der Waals surface area contributed by atoms with Crippen molar-refractivity contribution in [2.24, 2.45) is 0 Å². The smallest absolute Gasteiger partial charge is 0.345 e. The van der Waals surface area contributed by atoms with E-state index in [9.17, 15) is 14.4 Å². The SMILES string of the molecule is O=C(O)CCC(=O)Nc1nc(-c2cc3cc(Cl)ccc3oc2=O)cs1. The molecule has 0 aliphatic carbocycles. The Morgan fingerprint density at radius 1 is 1.28 bits per heavy atom. The summed E-state index contributed by atoms with van der Waals surface area (Å²) in [6.45, 7) is 0. The Bertz CT molecular complexity index is 1030. The number of hydrogen-bond donors (Lipinski definition) is 2. The minimum absolute atomic E-state index is 0.152. The van der Waals surface area contributed by atoms with E-state index in [-0.39, 0.29) is 23.5 Å². The molecule has 25 heavy (non-hydrogen) atoms. The van der Waals surface area contributed by atoms with Crippen molar-refractivity contribution < 1.29 is 19.1 Å². The molecule has 1 amide bonds. The van der Waals surface area contributed by atoms with Crippen molar-refractivity contribution in [3.05, 3.63) is 45.1 Å². The number of carboxylic acids is 1. The van der Waals surface area contributed by atoms with Crippen LogP contribution in [0.2, 0.25) is 5.02 Å². The maximum Gasteiger partial charge on any atom is 0.345 e. The zero-order valence-corrected chi connectivity index (χ0v) is 14.2. The summed E-state index contributed by atoms with van der Waals surface area (Å²) in [6.07, 6.45) is -0.417. The molecule has 2 aromatic heterocycles. The Kier molecular flexibility index (Phi) is 4.82. The molecule has 0 aliphatic rings. The van der Waals surface area contributed by atoms with Gasteiger partial charge in [-0.15, -0.1) is 11.3 Å². The maximum atomic E-state index is 12.1. The van der Waals surface area contributed by atoms with Crippen molar-refractivity contribution in [1.29, 1.82) is 0 Å². The minimum Gasteiger partial charge on any atom is -0.481 e. The molecule has 0 saturated heterocycles. The van der Waals surface area contributed by atoms with Gasteiger partial charge >= 0.3 is 11.6 Å². The fourth-order valence-corrected chi connectivity index (χ4v) is 3.04. The molecular weight excluding hydrogens is 368 g/mol. The fraction of sp³-hybridized carbons (Fsp3) is 0.125. The number of anilines is 1. The molecule has 0 spiro atoms. The fourth-order valence-electron chi connectivity index (χ4n) is 2.13. The standard InChI is InChI=1S/C16H11ClN2O5S/c17-9-1-2-12-8(5-9)6-10(15(23)24-12)11-7-25-16(18-11)19-13(20)3-4-14(21)22/h1-2,5-7H,3-4H2,(H,21,22)(H,18,19,20). The van der Waals surface area contributed by atoms with Crippen LogP contribution in [0.5, 0.6) is 0 Å². The Hall–Kier alpha value is -2.71. The molecule has 0 saturated carbocycles. The second-order valence-corrected chi connectivity index (χ2v) is 6.40. The average Bonchev–Trinajstić information content (AvgIpc) is 3.01. The lowest BCUT2D eigenvalue weighted by Crippen LogP contribution is -2.13. The monoisotopic (exact) mass is 378 g/mol. The predicted molar refractivity (Wildman–Crippen MR) is 94.1 cm³/mol. The van der Waals surface area contributed by atoms with E-state index in [1.807, 2.05) is 0 Å². The van der Waals surface area contributed by atoms with E-state index in [1.54, 1.807) is 29.6 Å². The van der Waals surface area contributed by atoms with Gasteiger partial charge in [-0.3, -0.25) is 9.59 Å². The van der Waals surface area contributed by atoms with E-state index in [0.717, 1.165) is 11.3 Å². The molecule has 0 unspecified atom stereocenters. The first-order valence-electron chi connectivity index (χ1n) is 7.13. The van der Waals surface area contributed by atoms with Gasteiger partial charge in [-0.25, -0.2) is 9.78 Å². The van der Waals surface area contributed by atoms with Crippen molar-refractivity contribution in [3.63, 3.8) is 0 Å². The van der Waals surface area contributed by atoms with Gasteiger partial charge in [0.15, 0.2) is 5.13 Å². The van der Waals surface area contributed by atoms with Crippen LogP contribution in [0.25, 0.3) is 22.2 Å². The first kappa shape index (κ1) is 17.1. The van der Waals surface area contributed by atoms with Gasteiger partial charge in [0.1, 0.15) is 5.58 Å². The third-order valence-electron chi connectivity index (χ3n) is 3.29. The highest BCUT2D eigenvalue weighted by Gasteiger charge is 2.13. The summed E-state index contributed by atoms with van der Waals surface area (Å²) in [5, 5.41) is 14.1. The van der Waals surface area contributed by atoms with Crippen LogP contribution in [0.3, 0.4) is 0 Å². The first-order valence-corrected chi connectivity index (χ1v) is 8.39. The molecule has 0 radical (unpaired) electrons. The molecule has 9 heteroatoms. The van der Waals surface area contributed by atoms with Crippen LogP contribution in [0.15, 0.2) is 38.9 Å². The number of aliphatic carboxylic acids is 1. The number of nitrogens with zero attached hydrogens (tertiary/aromatic N) is 1. The quantitative estimate of drug-likeness (QED) is 0.658. The van der Waals surface area contributed by atoms with E-state index < -0.39 is 17.5 Å². The summed E-state index contributed by atoms with van der Waals surface area (Å²) in [5.74, 6) is -1.51. The normalized spacial score (nSPS) is 10.8. The number of halogens is 1. The van der Waals surface area contributed by atoms with Gasteiger partial charge in [-0.1, -0.05) is 11.6 Å². The molecule has 2 N–H and O–H groups in total. The number of carboxylic acid groups (broad SMARTS) is 1. The molecule has 3 aromatic rings. The van der Waals surface area contributed by atoms with Gasteiger partial charge in [0.05, 0.1) is 17.7 Å². The molecule has 128 valence electrons. The van der Waals surface area contributed by atoms with Crippen molar-refractivity contribution in [2.45, 2.75) is 12.8 Å². The number of rotatable bonds is 5. The largest absolute Gasteiger partial charge is 0.481 e. The molecule has 0 bridgehead atoms. The number of amides is 1. The Balaban J connectivity index is 1.85. The number of benzene rings is 1. The summed E-state index contributed by atoms with van der Waals surface area (Å²) < 4.78 is 5.26. The second kappa shape index (κ2) is 7.04. The van der Waals surface area contributed by atoms with Crippen LogP contribution in [0.1, 0.15) is 12.8 Å². The lowest BCUT2D eigenvalue weighted by atomic mass is 10.1. The molecule has 0 fully saturated rings. The number of thiazole rings is 1. The summed E-state index contributed by atoms with van der Waals surface area (Å²) in [4.78, 5) is 38.4. The van der Waals surface area contributed by atoms with Gasteiger partial charge in [-0.05, 0) is 24.3 Å². The van der Waals surface area contributed by atoms with E-state index in [0.29, 0.717) is 21.7 Å². The van der Waals surface area contributed by atoms with Crippen LogP contribution in [0, 0.1) is 0 Å². The number of aromatic nitrogens is 1.